The van der Waals surface area contributed by atoms with Crippen LogP contribution in [0.2, 0.25) is 0 Å². The van der Waals surface area contributed by atoms with Crippen LogP contribution >= 0.6 is 0 Å². The SMILES string of the molecule is CC(CC1CCCC(CN)C1)CC1CCC(C(C)C)CC1N. The zero-order valence-electron chi connectivity index (χ0n) is 15.3. The fourth-order valence-electron chi connectivity index (χ4n) is 5.21. The maximum absolute atomic E-state index is 6.52. The van der Waals surface area contributed by atoms with Gasteiger partial charge in [-0.05, 0) is 87.0 Å². The third-order valence-corrected chi connectivity index (χ3v) is 6.70. The van der Waals surface area contributed by atoms with Gasteiger partial charge in [0.15, 0.2) is 0 Å². The molecule has 2 nitrogen and oxygen atoms in total. The number of rotatable bonds is 6. The van der Waals surface area contributed by atoms with Crippen LogP contribution in [-0.4, -0.2) is 12.6 Å². The van der Waals surface area contributed by atoms with Crippen molar-refractivity contribution in [3.8, 4) is 0 Å². The second kappa shape index (κ2) is 8.68. The van der Waals surface area contributed by atoms with Crippen molar-refractivity contribution in [2.75, 3.05) is 6.54 Å². The van der Waals surface area contributed by atoms with E-state index < -0.39 is 0 Å². The molecule has 0 radical (unpaired) electrons. The summed E-state index contributed by atoms with van der Waals surface area (Å²) in [4.78, 5) is 0. The van der Waals surface area contributed by atoms with Crippen molar-refractivity contribution in [2.24, 2.45) is 47.0 Å². The first-order valence-electron chi connectivity index (χ1n) is 9.95. The molecule has 2 aliphatic carbocycles. The van der Waals surface area contributed by atoms with E-state index in [1.807, 2.05) is 0 Å². The van der Waals surface area contributed by atoms with Crippen LogP contribution in [0.3, 0.4) is 0 Å². The van der Waals surface area contributed by atoms with E-state index >= 15 is 0 Å². The normalized spacial score (nSPS) is 38.2. The Labute approximate surface area is 138 Å². The number of hydrogen-bond acceptors (Lipinski definition) is 2. The number of nitrogens with two attached hydrogens (primary N) is 2. The summed E-state index contributed by atoms with van der Waals surface area (Å²) in [6, 6.07) is 0.451. The minimum absolute atomic E-state index is 0.451. The fourth-order valence-corrected chi connectivity index (χ4v) is 5.21. The van der Waals surface area contributed by atoms with Gasteiger partial charge in [-0.15, -0.1) is 0 Å². The van der Waals surface area contributed by atoms with Gasteiger partial charge >= 0.3 is 0 Å². The van der Waals surface area contributed by atoms with Crippen molar-refractivity contribution in [3.05, 3.63) is 0 Å². The zero-order chi connectivity index (χ0) is 16.1. The molecule has 0 aliphatic heterocycles. The van der Waals surface area contributed by atoms with Gasteiger partial charge in [0.05, 0.1) is 0 Å². The first-order valence-corrected chi connectivity index (χ1v) is 9.95. The van der Waals surface area contributed by atoms with Crippen molar-refractivity contribution in [2.45, 2.75) is 84.6 Å². The monoisotopic (exact) mass is 308 g/mol. The molecular formula is C20H40N2. The largest absolute Gasteiger partial charge is 0.330 e. The average molecular weight is 309 g/mol. The highest BCUT2D eigenvalue weighted by Gasteiger charge is 2.31. The quantitative estimate of drug-likeness (QED) is 0.755. The summed E-state index contributed by atoms with van der Waals surface area (Å²) < 4.78 is 0. The van der Waals surface area contributed by atoms with Gasteiger partial charge in [0.2, 0.25) is 0 Å². The van der Waals surface area contributed by atoms with E-state index in [9.17, 15) is 0 Å². The maximum atomic E-state index is 6.52. The summed E-state index contributed by atoms with van der Waals surface area (Å²) in [5.41, 5.74) is 12.4. The van der Waals surface area contributed by atoms with Crippen molar-refractivity contribution < 1.29 is 0 Å². The molecule has 0 bridgehead atoms. The lowest BCUT2D eigenvalue weighted by Gasteiger charge is -2.38. The minimum Gasteiger partial charge on any atom is -0.330 e. The summed E-state index contributed by atoms with van der Waals surface area (Å²) in [5, 5.41) is 0. The molecule has 4 N–H and O–H groups in total. The lowest BCUT2D eigenvalue weighted by molar-refractivity contribution is 0.160. The van der Waals surface area contributed by atoms with Crippen LogP contribution in [-0.2, 0) is 0 Å². The van der Waals surface area contributed by atoms with Gasteiger partial charge in [-0.3, -0.25) is 0 Å². The molecule has 130 valence electrons. The Morgan fingerprint density at radius 3 is 2.27 bits per heavy atom. The topological polar surface area (TPSA) is 52.0 Å². The van der Waals surface area contributed by atoms with E-state index in [4.69, 9.17) is 11.5 Å². The molecule has 0 heterocycles. The highest BCUT2D eigenvalue weighted by Crippen LogP contribution is 2.38. The molecule has 0 aromatic carbocycles. The molecule has 2 saturated carbocycles. The molecule has 22 heavy (non-hydrogen) atoms. The molecule has 0 spiro atoms. The molecular weight excluding hydrogens is 268 g/mol. The van der Waals surface area contributed by atoms with Crippen LogP contribution < -0.4 is 11.5 Å². The van der Waals surface area contributed by atoms with Crippen molar-refractivity contribution in [1.82, 2.24) is 0 Å². The van der Waals surface area contributed by atoms with Crippen LogP contribution in [0.25, 0.3) is 0 Å². The fraction of sp³-hybridized carbons (Fsp3) is 1.00. The van der Waals surface area contributed by atoms with E-state index in [2.05, 4.69) is 20.8 Å². The highest BCUT2D eigenvalue weighted by atomic mass is 14.7. The van der Waals surface area contributed by atoms with E-state index in [1.165, 1.54) is 57.8 Å². The molecule has 0 aromatic heterocycles. The first-order chi connectivity index (χ1) is 10.5. The van der Waals surface area contributed by atoms with E-state index in [0.29, 0.717) is 6.04 Å². The smallest absolute Gasteiger partial charge is 0.00700 e. The highest BCUT2D eigenvalue weighted by molar-refractivity contribution is 4.85. The Morgan fingerprint density at radius 2 is 1.64 bits per heavy atom. The van der Waals surface area contributed by atoms with Crippen LogP contribution in [0.1, 0.15) is 78.6 Å². The summed E-state index contributed by atoms with van der Waals surface area (Å²) in [6.45, 7) is 8.08. The van der Waals surface area contributed by atoms with Crippen molar-refractivity contribution in [3.63, 3.8) is 0 Å². The minimum atomic E-state index is 0.451. The average Bonchev–Trinajstić information content (AvgIpc) is 2.49. The summed E-state index contributed by atoms with van der Waals surface area (Å²) in [6.07, 6.45) is 12.4. The van der Waals surface area contributed by atoms with Gasteiger partial charge in [-0.1, -0.05) is 33.6 Å². The molecule has 6 atom stereocenters. The standard InChI is InChI=1S/C20H40N2/c1-14(2)18-7-8-19(20(22)12-18)10-15(3)9-16-5-4-6-17(11-16)13-21/h14-20H,4-13,21-22H2,1-3H3. The zero-order valence-corrected chi connectivity index (χ0v) is 15.3. The Hall–Kier alpha value is -0.0800. The van der Waals surface area contributed by atoms with Crippen LogP contribution in [0, 0.1) is 35.5 Å². The number of hydrogen-bond donors (Lipinski definition) is 2. The Kier molecular flexibility index (Phi) is 7.21. The van der Waals surface area contributed by atoms with Crippen LogP contribution in [0.4, 0.5) is 0 Å². The van der Waals surface area contributed by atoms with Crippen molar-refractivity contribution in [1.29, 1.82) is 0 Å². The summed E-state index contributed by atoms with van der Waals surface area (Å²) >= 11 is 0. The van der Waals surface area contributed by atoms with E-state index in [1.54, 1.807) is 0 Å². The third kappa shape index (κ3) is 5.23. The second-order valence-electron chi connectivity index (χ2n) is 8.95. The predicted octanol–water partition coefficient (Wildman–Crippen LogP) is 4.57. The lowest BCUT2D eigenvalue weighted by Crippen LogP contribution is -2.38. The van der Waals surface area contributed by atoms with Crippen molar-refractivity contribution >= 4 is 0 Å². The van der Waals surface area contributed by atoms with Gasteiger partial charge in [0, 0.05) is 6.04 Å². The van der Waals surface area contributed by atoms with Gasteiger partial charge in [0.25, 0.3) is 0 Å². The maximum Gasteiger partial charge on any atom is 0.00700 e. The summed E-state index contributed by atoms with van der Waals surface area (Å²) in [5.74, 6) is 5.02. The van der Waals surface area contributed by atoms with Gasteiger partial charge in [-0.2, -0.15) is 0 Å². The molecule has 6 unspecified atom stereocenters. The van der Waals surface area contributed by atoms with Crippen LogP contribution in [0.15, 0.2) is 0 Å². The third-order valence-electron chi connectivity index (χ3n) is 6.70. The Bertz CT molecular complexity index is 315. The lowest BCUT2D eigenvalue weighted by atomic mass is 9.70. The predicted molar refractivity (Wildman–Crippen MR) is 96.5 cm³/mol. The van der Waals surface area contributed by atoms with E-state index in [-0.39, 0.29) is 0 Å². The molecule has 0 saturated heterocycles. The molecule has 0 aromatic rings. The Balaban J connectivity index is 1.74. The van der Waals surface area contributed by atoms with Gasteiger partial charge < -0.3 is 11.5 Å². The van der Waals surface area contributed by atoms with Gasteiger partial charge in [0.1, 0.15) is 0 Å². The molecule has 2 heteroatoms. The summed E-state index contributed by atoms with van der Waals surface area (Å²) in [7, 11) is 0. The Morgan fingerprint density at radius 1 is 0.909 bits per heavy atom. The van der Waals surface area contributed by atoms with Gasteiger partial charge in [-0.25, -0.2) is 0 Å². The first kappa shape index (κ1) is 18.3. The molecule has 2 aliphatic rings. The van der Waals surface area contributed by atoms with Crippen LogP contribution in [0.5, 0.6) is 0 Å². The molecule has 0 amide bonds. The second-order valence-corrected chi connectivity index (χ2v) is 8.95. The molecule has 2 rings (SSSR count). The molecule has 2 fully saturated rings. The van der Waals surface area contributed by atoms with E-state index in [0.717, 1.165) is 42.1 Å².